The lowest BCUT2D eigenvalue weighted by Gasteiger charge is -2.27. The molecule has 2 heterocycles. The molecule has 2 amide bonds. The molecular formula is C16H22BrN3O4. The molecule has 1 aliphatic rings. The first-order chi connectivity index (χ1) is 11.2. The van der Waals surface area contributed by atoms with Crippen molar-refractivity contribution in [2.24, 2.45) is 0 Å². The summed E-state index contributed by atoms with van der Waals surface area (Å²) in [5, 5.41) is 2.73. The third kappa shape index (κ3) is 4.91. The van der Waals surface area contributed by atoms with Gasteiger partial charge in [-0.15, -0.1) is 0 Å². The molecule has 0 spiro atoms. The van der Waals surface area contributed by atoms with Crippen molar-refractivity contribution < 1.29 is 19.1 Å². The van der Waals surface area contributed by atoms with Gasteiger partial charge in [0, 0.05) is 13.5 Å². The van der Waals surface area contributed by atoms with Crippen LogP contribution >= 0.6 is 15.9 Å². The zero-order chi connectivity index (χ0) is 17.9. The highest BCUT2D eigenvalue weighted by atomic mass is 79.9. The predicted octanol–water partition coefficient (Wildman–Crippen LogP) is 2.81. The number of likely N-dealkylation sites (tertiary alicyclic amines) is 1. The van der Waals surface area contributed by atoms with Crippen molar-refractivity contribution in [3.8, 4) is 0 Å². The summed E-state index contributed by atoms with van der Waals surface area (Å²) >= 11 is 3.26. The molecule has 1 aromatic rings. The molecule has 7 nitrogen and oxygen atoms in total. The van der Waals surface area contributed by atoms with Crippen molar-refractivity contribution in [2.75, 3.05) is 19.0 Å². The maximum atomic E-state index is 12.6. The van der Waals surface area contributed by atoms with Crippen molar-refractivity contribution in [3.05, 3.63) is 22.8 Å². The largest absolute Gasteiger partial charge is 0.444 e. The third-order valence-corrected chi connectivity index (χ3v) is 3.93. The second-order valence-electron chi connectivity index (χ2n) is 6.58. The van der Waals surface area contributed by atoms with Crippen LogP contribution in [0.15, 0.2) is 22.8 Å². The molecule has 2 atom stereocenters. The fraction of sp³-hybridized carbons (Fsp3) is 0.562. The van der Waals surface area contributed by atoms with E-state index < -0.39 is 17.7 Å². The monoisotopic (exact) mass is 399 g/mol. The van der Waals surface area contributed by atoms with E-state index in [9.17, 15) is 9.59 Å². The number of nitrogens with zero attached hydrogens (tertiary/aromatic N) is 2. The van der Waals surface area contributed by atoms with Gasteiger partial charge in [0.15, 0.2) is 0 Å². The lowest BCUT2D eigenvalue weighted by Crippen LogP contribution is -2.45. The number of pyridine rings is 1. The molecule has 132 valence electrons. The van der Waals surface area contributed by atoms with Gasteiger partial charge in [0.05, 0.1) is 12.6 Å². The van der Waals surface area contributed by atoms with Crippen molar-refractivity contribution in [1.82, 2.24) is 9.88 Å². The van der Waals surface area contributed by atoms with Gasteiger partial charge in [-0.25, -0.2) is 9.78 Å². The third-order valence-electron chi connectivity index (χ3n) is 3.49. The summed E-state index contributed by atoms with van der Waals surface area (Å²) in [4.78, 5) is 30.6. The molecule has 0 saturated carbocycles. The van der Waals surface area contributed by atoms with E-state index in [2.05, 4.69) is 26.2 Å². The Labute approximate surface area is 149 Å². The summed E-state index contributed by atoms with van der Waals surface area (Å²) in [5.41, 5.74) is -0.630. The predicted molar refractivity (Wildman–Crippen MR) is 92.7 cm³/mol. The van der Waals surface area contributed by atoms with Gasteiger partial charge in [-0.2, -0.15) is 0 Å². The van der Waals surface area contributed by atoms with Crippen LogP contribution in [0.3, 0.4) is 0 Å². The summed E-state index contributed by atoms with van der Waals surface area (Å²) < 4.78 is 11.3. The molecular weight excluding hydrogens is 378 g/mol. The maximum Gasteiger partial charge on any atom is 0.411 e. The van der Waals surface area contributed by atoms with Gasteiger partial charge < -0.3 is 14.8 Å². The van der Waals surface area contributed by atoms with E-state index >= 15 is 0 Å². The number of carbonyl (C=O) groups excluding carboxylic acids is 2. The van der Waals surface area contributed by atoms with Gasteiger partial charge in [-0.1, -0.05) is 6.07 Å². The molecule has 0 aliphatic carbocycles. The van der Waals surface area contributed by atoms with Crippen molar-refractivity contribution in [1.29, 1.82) is 0 Å². The topological polar surface area (TPSA) is 80.8 Å². The quantitative estimate of drug-likeness (QED) is 0.790. The normalized spacial score (nSPS) is 20.8. The molecule has 1 aromatic heterocycles. The van der Waals surface area contributed by atoms with Gasteiger partial charge in [0.1, 0.15) is 22.1 Å². The van der Waals surface area contributed by atoms with E-state index in [1.54, 1.807) is 46.1 Å². The van der Waals surface area contributed by atoms with E-state index in [4.69, 9.17) is 9.47 Å². The zero-order valence-corrected chi connectivity index (χ0v) is 15.8. The van der Waals surface area contributed by atoms with Gasteiger partial charge in [-0.05, 0) is 48.8 Å². The Morgan fingerprint density at radius 1 is 1.38 bits per heavy atom. The van der Waals surface area contributed by atoms with Crippen molar-refractivity contribution in [3.63, 3.8) is 0 Å². The van der Waals surface area contributed by atoms with Crippen LogP contribution in [0, 0.1) is 0 Å². The van der Waals surface area contributed by atoms with E-state index in [1.165, 1.54) is 4.90 Å². The number of hydrogen-bond acceptors (Lipinski definition) is 5. The number of amides is 2. The summed E-state index contributed by atoms with van der Waals surface area (Å²) in [6.07, 6.45) is -0.316. The summed E-state index contributed by atoms with van der Waals surface area (Å²) in [6.45, 7) is 5.68. The number of ether oxygens (including phenoxy) is 2. The minimum absolute atomic E-state index is 0.205. The molecule has 0 radical (unpaired) electrons. The van der Waals surface area contributed by atoms with Crippen LogP contribution in [0.4, 0.5) is 10.6 Å². The van der Waals surface area contributed by atoms with Crippen LogP contribution < -0.4 is 5.32 Å². The number of aromatic nitrogens is 1. The SMILES string of the molecule is COC1CC(C(=O)Nc2cccc(Br)n2)N(C(=O)OC(C)(C)C)C1. The second kappa shape index (κ2) is 7.48. The van der Waals surface area contributed by atoms with Crippen LogP contribution in [0.25, 0.3) is 0 Å². The number of carbonyl (C=O) groups is 2. The average molecular weight is 400 g/mol. The number of rotatable bonds is 3. The number of halogens is 1. The fourth-order valence-electron chi connectivity index (χ4n) is 2.43. The van der Waals surface area contributed by atoms with Crippen molar-refractivity contribution >= 4 is 33.7 Å². The van der Waals surface area contributed by atoms with Gasteiger partial charge >= 0.3 is 6.09 Å². The Kier molecular flexibility index (Phi) is 5.82. The molecule has 8 heteroatoms. The molecule has 1 N–H and O–H groups in total. The first kappa shape index (κ1) is 18.7. The molecule has 1 fully saturated rings. The minimum atomic E-state index is -0.661. The Balaban J connectivity index is 2.12. The fourth-order valence-corrected chi connectivity index (χ4v) is 2.77. The highest BCUT2D eigenvalue weighted by Crippen LogP contribution is 2.24. The van der Waals surface area contributed by atoms with Crippen molar-refractivity contribution in [2.45, 2.75) is 44.9 Å². The molecule has 0 aromatic carbocycles. The molecule has 2 rings (SSSR count). The van der Waals surface area contributed by atoms with Crippen LogP contribution in [0.1, 0.15) is 27.2 Å². The molecule has 0 bridgehead atoms. The van der Waals surface area contributed by atoms with Gasteiger partial charge in [0.25, 0.3) is 0 Å². The van der Waals surface area contributed by atoms with Crippen LogP contribution in [-0.2, 0) is 14.3 Å². The van der Waals surface area contributed by atoms with Crippen LogP contribution in [0.2, 0.25) is 0 Å². The summed E-state index contributed by atoms with van der Waals surface area (Å²) in [5.74, 6) is 0.102. The number of nitrogens with one attached hydrogen (secondary N) is 1. The number of anilines is 1. The Morgan fingerprint density at radius 3 is 2.67 bits per heavy atom. The zero-order valence-electron chi connectivity index (χ0n) is 14.2. The highest BCUT2D eigenvalue weighted by molar-refractivity contribution is 9.10. The van der Waals surface area contributed by atoms with E-state index in [0.717, 1.165) is 0 Å². The summed E-state index contributed by atoms with van der Waals surface area (Å²) in [6, 6.07) is 4.55. The standard InChI is InChI=1S/C16H22BrN3O4/c1-16(2,3)24-15(22)20-9-10(23-4)8-11(20)14(21)19-13-7-5-6-12(17)18-13/h5-7,10-11H,8-9H2,1-4H3,(H,18,19,21). The molecule has 24 heavy (non-hydrogen) atoms. The highest BCUT2D eigenvalue weighted by Gasteiger charge is 2.41. The molecule has 2 unspecified atom stereocenters. The summed E-state index contributed by atoms with van der Waals surface area (Å²) in [7, 11) is 1.56. The Bertz CT molecular complexity index is 618. The average Bonchev–Trinajstić information content (AvgIpc) is 2.90. The lowest BCUT2D eigenvalue weighted by molar-refractivity contribution is -0.120. The maximum absolute atomic E-state index is 12.6. The Hall–Kier alpha value is -1.67. The molecule has 1 saturated heterocycles. The van der Waals surface area contributed by atoms with Gasteiger partial charge in [0.2, 0.25) is 5.91 Å². The van der Waals surface area contributed by atoms with Gasteiger partial charge in [-0.3, -0.25) is 9.69 Å². The van der Waals surface area contributed by atoms with E-state index in [-0.39, 0.29) is 12.0 Å². The first-order valence-corrected chi connectivity index (χ1v) is 8.45. The molecule has 1 aliphatic heterocycles. The van der Waals surface area contributed by atoms with E-state index in [1.807, 2.05) is 0 Å². The smallest absolute Gasteiger partial charge is 0.411 e. The second-order valence-corrected chi connectivity index (χ2v) is 7.39. The first-order valence-electron chi connectivity index (χ1n) is 7.65. The van der Waals surface area contributed by atoms with Crippen LogP contribution in [0.5, 0.6) is 0 Å². The number of hydrogen-bond donors (Lipinski definition) is 1. The number of methoxy groups -OCH3 is 1. The lowest BCUT2D eigenvalue weighted by atomic mass is 10.2. The van der Waals surface area contributed by atoms with Crippen LogP contribution in [-0.4, -0.2) is 53.3 Å². The minimum Gasteiger partial charge on any atom is -0.444 e. The Morgan fingerprint density at radius 2 is 2.08 bits per heavy atom. The van der Waals surface area contributed by atoms with E-state index in [0.29, 0.717) is 23.4 Å².